The molecule has 0 unspecified atom stereocenters. The first-order valence-electron chi connectivity index (χ1n) is 41.9. The topological polar surface area (TPSA) is 206 Å². The number of carbonyl (C=O) groups is 2. The summed E-state index contributed by atoms with van der Waals surface area (Å²) in [4.78, 5) is 40.0. The standard InChI is InChI=1S/C100H120N2O12S2/c1-91(2,3)73-39-59-33-63-43-75(93(7,8)9)44-64-34-61-41-74(92(4,5)6)42-62(86(61)106)36-67-47-77(95(13,14)15)49-69(89(67)113-115(107,108)55-99-31-29-71(51-81(99)103)97(99,19)20)38-70-50-78(96(16,17)18)48-68(90(70)114-116(109,110)56-100-32-30-72(52-82(100)104)98(100,21)22)37-66-46-76(94(10,11)12)45-65(35-60(40-73)85(59)105)88(66)112-54-80-28-26-58-24-23-57-25-27-79(53-111-87(63)64)101-83(57)84(58)102-80/h23-28,39-50,71-72,105-106H,29-38,51-56H2,1-22H3/t71-,72-,99-,100-/m0/s1. The van der Waals surface area contributed by atoms with Gasteiger partial charge in [-0.2, -0.15) is 16.8 Å². The van der Waals surface area contributed by atoms with Gasteiger partial charge in [0.1, 0.15) is 59.3 Å². The number of Topliss-reactive ketones (excluding diaryl/α,β-unsaturated/α-hetero) is 2. The molecule has 7 aromatic carbocycles. The number of fused-ring (bicyclic) bond motifs is 12. The van der Waals surface area contributed by atoms with Crippen LogP contribution in [-0.2, 0) is 114 Å². The van der Waals surface area contributed by atoms with Crippen LogP contribution < -0.4 is 17.8 Å². The Kier molecular flexibility index (Phi) is 19.9. The highest BCUT2D eigenvalue weighted by molar-refractivity contribution is 7.87. The molecule has 15 rings (SSSR count). The van der Waals surface area contributed by atoms with Crippen LogP contribution >= 0.6 is 0 Å². The van der Waals surface area contributed by atoms with Crippen LogP contribution in [0.25, 0.3) is 21.8 Å². The zero-order valence-corrected chi connectivity index (χ0v) is 74.2. The minimum atomic E-state index is -4.74. The van der Waals surface area contributed by atoms with Crippen molar-refractivity contribution in [2.75, 3.05) is 11.5 Å². The molecule has 0 amide bonds. The number of hydrogen-bond acceptors (Lipinski definition) is 14. The number of nitrogens with zero attached hydrogens (tertiary/aromatic N) is 2. The van der Waals surface area contributed by atoms with Gasteiger partial charge in [-0.05, 0) is 171 Å². The molecule has 2 N–H and O–H groups in total. The molecule has 6 aliphatic rings. The van der Waals surface area contributed by atoms with Gasteiger partial charge < -0.3 is 28.1 Å². The highest BCUT2D eigenvalue weighted by atomic mass is 32.2. The molecule has 22 bridgehead atoms. The number of ether oxygens (including phenoxy) is 2. The van der Waals surface area contributed by atoms with Crippen LogP contribution in [0.1, 0.15) is 302 Å². The minimum absolute atomic E-state index is 0.00191. The smallest absolute Gasteiger partial charge is 0.310 e. The van der Waals surface area contributed by atoms with Crippen LogP contribution in [0, 0.1) is 33.5 Å². The molecule has 4 atom stereocenters. The summed E-state index contributed by atoms with van der Waals surface area (Å²) in [6, 6.07) is 37.2. The molecule has 0 spiro atoms. The van der Waals surface area contributed by atoms with Gasteiger partial charge in [0.2, 0.25) is 0 Å². The molecule has 1 aliphatic heterocycles. The lowest BCUT2D eigenvalue weighted by Gasteiger charge is -2.36. The molecule has 0 saturated heterocycles. The van der Waals surface area contributed by atoms with Crippen LogP contribution in [0.15, 0.2) is 109 Å². The average molecular weight is 1610 g/mol. The summed E-state index contributed by atoms with van der Waals surface area (Å²) in [7, 11) is -9.46. The van der Waals surface area contributed by atoms with Gasteiger partial charge in [-0.15, -0.1) is 0 Å². The fourth-order valence-corrected chi connectivity index (χ4v) is 23.6. The molecular formula is C100H120N2O12S2. The van der Waals surface area contributed by atoms with Crippen molar-refractivity contribution >= 4 is 53.6 Å². The molecular weight excluding hydrogens is 1490 g/mol. The van der Waals surface area contributed by atoms with Gasteiger partial charge in [0.05, 0.1) is 44.8 Å². The Hall–Kier alpha value is -8.60. The van der Waals surface area contributed by atoms with E-state index in [-0.39, 0.29) is 111 Å². The third-order valence-corrected chi connectivity index (χ3v) is 30.4. The summed E-state index contributed by atoms with van der Waals surface area (Å²) < 4.78 is 93.3. The second kappa shape index (κ2) is 28.0. The summed E-state index contributed by atoms with van der Waals surface area (Å²) in [5, 5.41) is 29.1. The van der Waals surface area contributed by atoms with Crippen LogP contribution in [0.4, 0.5) is 0 Å². The molecule has 5 aliphatic carbocycles. The van der Waals surface area contributed by atoms with Crippen molar-refractivity contribution < 1.29 is 54.5 Å². The second-order valence-electron chi connectivity index (χ2n) is 42.6. The minimum Gasteiger partial charge on any atom is -0.507 e. The van der Waals surface area contributed by atoms with Crippen molar-refractivity contribution in [3.05, 3.63) is 221 Å². The lowest BCUT2D eigenvalue weighted by atomic mass is 9.70. The maximum absolute atomic E-state index is 16.2. The van der Waals surface area contributed by atoms with E-state index in [0.29, 0.717) is 110 Å². The Bertz CT molecular complexity index is 5820. The predicted octanol–water partition coefficient (Wildman–Crippen LogP) is 21.5. The Balaban J connectivity index is 1.08. The lowest BCUT2D eigenvalue weighted by molar-refractivity contribution is -0.128. The molecule has 614 valence electrons. The third-order valence-electron chi connectivity index (χ3n) is 27.9. The lowest BCUT2D eigenvalue weighted by Crippen LogP contribution is -2.43. The Morgan fingerprint density at radius 1 is 0.379 bits per heavy atom. The van der Waals surface area contributed by atoms with E-state index in [2.05, 4.69) is 185 Å². The van der Waals surface area contributed by atoms with Crippen LogP contribution in [0.3, 0.4) is 0 Å². The number of pyridine rings is 2. The SMILES string of the molecule is CC(C)(C)c1cc2c(O)c(c1)Cc1cc(C(C)(C)C)cc3c1OCc1ccc4ccc5ccc(nc5c4n1)COc1c(cc(C(C)(C)C)cc1Cc1cc(C(C)(C)C)cc(c1O)Cc1cc(C(C)(C)C)cc(c1OS(=O)(=O)C[C@@]14CC[C@@H](CC1=O)C4(C)C)Cc1cc(C(C)(C)C)cc(c1OS(=O)(=O)C[C@@]14CC[C@@H](CC1=O)C4(C)C)C3)C2. The van der Waals surface area contributed by atoms with Crippen molar-refractivity contribution in [3.8, 4) is 34.5 Å². The van der Waals surface area contributed by atoms with Gasteiger partial charge in [0.25, 0.3) is 0 Å². The second-order valence-corrected chi connectivity index (χ2v) is 45.8. The average Bonchev–Trinajstić information content (AvgIpc) is 1.55. The number of hydrogen-bond donors (Lipinski definition) is 2. The number of rotatable bonds is 8. The molecule has 16 heteroatoms. The first-order chi connectivity index (χ1) is 53.7. The number of benzene rings is 7. The maximum Gasteiger partial charge on any atom is 0.310 e. The Morgan fingerprint density at radius 3 is 0.879 bits per heavy atom. The summed E-state index contributed by atoms with van der Waals surface area (Å²) in [6.07, 6.45) is 3.17. The molecule has 116 heavy (non-hydrogen) atoms. The Morgan fingerprint density at radius 2 is 0.621 bits per heavy atom. The summed E-state index contributed by atoms with van der Waals surface area (Å²) in [5.41, 5.74) is 8.46. The first kappa shape index (κ1) is 82.5. The van der Waals surface area contributed by atoms with Crippen molar-refractivity contribution in [1.82, 2.24) is 9.97 Å². The van der Waals surface area contributed by atoms with E-state index in [4.69, 9.17) is 27.8 Å². The number of phenolic OH excluding ortho intramolecular Hbond substituents is 2. The van der Waals surface area contributed by atoms with Crippen LogP contribution in [-0.4, -0.2) is 60.1 Å². The van der Waals surface area contributed by atoms with Gasteiger partial charge in [-0.1, -0.05) is 249 Å². The largest absolute Gasteiger partial charge is 0.507 e. The van der Waals surface area contributed by atoms with E-state index in [0.717, 1.165) is 60.8 Å². The van der Waals surface area contributed by atoms with E-state index >= 15 is 16.8 Å². The monoisotopic (exact) mass is 1600 g/mol. The van der Waals surface area contributed by atoms with E-state index in [1.807, 2.05) is 76.2 Å². The van der Waals surface area contributed by atoms with E-state index in [1.54, 1.807) is 0 Å². The van der Waals surface area contributed by atoms with Crippen LogP contribution in [0.2, 0.25) is 0 Å². The highest BCUT2D eigenvalue weighted by Crippen LogP contribution is 2.66. The molecule has 2 aromatic heterocycles. The maximum atomic E-state index is 16.2. The predicted molar refractivity (Wildman–Crippen MR) is 463 cm³/mol. The quantitative estimate of drug-likeness (QED) is 0.107. The van der Waals surface area contributed by atoms with Crippen molar-refractivity contribution in [2.45, 2.75) is 275 Å². The summed E-state index contributed by atoms with van der Waals surface area (Å²) in [5.74, 6) is -0.0852. The Labute approximate surface area is 689 Å². The highest BCUT2D eigenvalue weighted by Gasteiger charge is 2.67. The van der Waals surface area contributed by atoms with Gasteiger partial charge in [0, 0.05) is 84.4 Å². The summed E-state index contributed by atoms with van der Waals surface area (Å²) in [6.45, 7) is 46.7. The van der Waals surface area contributed by atoms with Crippen molar-refractivity contribution in [1.29, 1.82) is 0 Å². The van der Waals surface area contributed by atoms with E-state index in [1.165, 1.54) is 0 Å². The van der Waals surface area contributed by atoms with Crippen molar-refractivity contribution in [2.24, 2.45) is 33.5 Å². The van der Waals surface area contributed by atoms with Gasteiger partial charge >= 0.3 is 20.2 Å². The molecule has 14 nitrogen and oxygen atoms in total. The number of phenols is 2. The van der Waals surface area contributed by atoms with Crippen molar-refractivity contribution in [3.63, 3.8) is 0 Å². The van der Waals surface area contributed by atoms with Gasteiger partial charge in [0.15, 0.2) is 0 Å². The van der Waals surface area contributed by atoms with E-state index < -0.39 is 85.9 Å². The fraction of sp³-hybridized carbons (Fsp3) is 0.500. The van der Waals surface area contributed by atoms with Gasteiger partial charge in [-0.25, -0.2) is 9.97 Å². The van der Waals surface area contributed by atoms with E-state index in [9.17, 15) is 19.8 Å². The third kappa shape index (κ3) is 15.0. The fourth-order valence-electron chi connectivity index (χ4n) is 20.0. The number of aromatic hydroxyl groups is 2. The van der Waals surface area contributed by atoms with Gasteiger partial charge in [-0.3, -0.25) is 9.59 Å². The normalized spacial score (nSPS) is 21.0. The number of carbonyl (C=O) groups excluding carboxylic acids is 2. The zero-order chi connectivity index (χ0) is 83.9. The number of ketones is 2. The number of aromatic nitrogens is 2. The zero-order valence-electron chi connectivity index (χ0n) is 72.5. The summed E-state index contributed by atoms with van der Waals surface area (Å²) >= 11 is 0. The molecule has 9 aromatic rings. The molecule has 0 radical (unpaired) electrons. The molecule has 4 fully saturated rings. The van der Waals surface area contributed by atoms with Crippen LogP contribution in [0.5, 0.6) is 34.5 Å². The first-order valence-corrected chi connectivity index (χ1v) is 45.1. The molecule has 4 saturated carbocycles. The molecule has 3 heterocycles.